The Hall–Kier alpha value is -3.07. The molecule has 40 heavy (non-hydrogen) atoms. The Bertz CT molecular complexity index is 1280. The molecule has 0 unspecified atom stereocenters. The van der Waals surface area contributed by atoms with Gasteiger partial charge >= 0.3 is 0 Å². The second-order valence-corrected chi connectivity index (χ2v) is 11.7. The highest BCUT2D eigenvalue weighted by atomic mass is 16.5. The van der Waals surface area contributed by atoms with E-state index in [1.54, 1.807) is 7.11 Å². The predicted octanol–water partition coefficient (Wildman–Crippen LogP) is 4.29. The lowest BCUT2D eigenvalue weighted by Gasteiger charge is -2.39. The average Bonchev–Trinajstić information content (AvgIpc) is 3.41. The number of methoxy groups -OCH3 is 1. The first-order valence-corrected chi connectivity index (χ1v) is 14.6. The maximum Gasteiger partial charge on any atom is 0.267 e. The van der Waals surface area contributed by atoms with Gasteiger partial charge in [0.1, 0.15) is 17.2 Å². The number of amides is 1. The number of rotatable bonds is 10. The molecule has 2 atom stereocenters. The van der Waals surface area contributed by atoms with Crippen molar-refractivity contribution in [1.82, 2.24) is 15.2 Å². The van der Waals surface area contributed by atoms with E-state index >= 15 is 0 Å². The molecule has 1 aromatic heterocycles. The molecule has 1 saturated heterocycles. The first-order valence-electron chi connectivity index (χ1n) is 14.6. The number of piperidine rings is 1. The maximum atomic E-state index is 13.1. The van der Waals surface area contributed by atoms with E-state index in [0.717, 1.165) is 73.3 Å². The van der Waals surface area contributed by atoms with Crippen molar-refractivity contribution in [1.29, 1.82) is 0 Å². The molecule has 2 aromatic carbocycles. The number of carbonyl (C=O) groups is 1. The molecule has 1 saturated carbocycles. The number of aromatic nitrogens is 1. The van der Waals surface area contributed by atoms with Crippen molar-refractivity contribution in [2.75, 3.05) is 33.4 Å². The molecule has 4 N–H and O–H groups in total. The molecular weight excluding hydrogens is 506 g/mol. The minimum atomic E-state index is -0.683. The third kappa shape index (κ3) is 6.79. The predicted molar refractivity (Wildman–Crippen MR) is 156 cm³/mol. The molecule has 8 heteroatoms. The first-order chi connectivity index (χ1) is 19.3. The van der Waals surface area contributed by atoms with Crippen molar-refractivity contribution in [3.8, 4) is 11.5 Å². The second kappa shape index (κ2) is 12.6. The number of fused-ring (bicyclic) bond motifs is 1. The fourth-order valence-electron chi connectivity index (χ4n) is 6.16. The normalized spacial score (nSPS) is 25.6. The van der Waals surface area contributed by atoms with Crippen molar-refractivity contribution < 1.29 is 24.5 Å². The van der Waals surface area contributed by atoms with Crippen LogP contribution in [0.15, 0.2) is 48.5 Å². The number of ether oxygens (including phenoxy) is 2. The molecule has 2 heterocycles. The molecule has 0 radical (unpaired) electrons. The fraction of sp³-hybridized carbons (Fsp3) is 0.531. The van der Waals surface area contributed by atoms with Gasteiger partial charge in [-0.25, -0.2) is 0 Å². The van der Waals surface area contributed by atoms with E-state index in [1.807, 2.05) is 48.5 Å². The van der Waals surface area contributed by atoms with Gasteiger partial charge in [-0.15, -0.1) is 0 Å². The Kier molecular flexibility index (Phi) is 8.98. The summed E-state index contributed by atoms with van der Waals surface area (Å²) >= 11 is 0. The number of carbonyl (C=O) groups excluding carboxylic acids is 1. The zero-order valence-electron chi connectivity index (χ0n) is 23.7. The van der Waals surface area contributed by atoms with E-state index in [0.29, 0.717) is 31.6 Å². The van der Waals surface area contributed by atoms with Crippen LogP contribution in [0.25, 0.3) is 10.9 Å². The molecule has 0 spiro atoms. The lowest BCUT2D eigenvalue weighted by Crippen LogP contribution is -2.47. The molecule has 0 bridgehead atoms. The van der Waals surface area contributed by atoms with Crippen LogP contribution in [-0.2, 0) is 6.42 Å². The minimum absolute atomic E-state index is 0.0425. The van der Waals surface area contributed by atoms with Crippen molar-refractivity contribution in [3.63, 3.8) is 0 Å². The SMILES string of the molecule is COc1ccccc1CCOc1cccc2[nH]c(C(=O)N[C@H]3CC[C@](O)(CCN4CC[C@H](O)[C@@H](C)C4)CC3)cc12. The molecule has 216 valence electrons. The van der Waals surface area contributed by atoms with E-state index in [2.05, 4.69) is 22.1 Å². The number of para-hydroxylation sites is 1. The van der Waals surface area contributed by atoms with Crippen molar-refractivity contribution >= 4 is 16.8 Å². The van der Waals surface area contributed by atoms with Crippen LogP contribution in [0.2, 0.25) is 0 Å². The number of H-pyrrole nitrogens is 1. The van der Waals surface area contributed by atoms with Gasteiger partial charge in [0, 0.05) is 43.0 Å². The summed E-state index contributed by atoms with van der Waals surface area (Å²) in [5.41, 5.74) is 1.78. The molecule has 3 aromatic rings. The van der Waals surface area contributed by atoms with Gasteiger partial charge in [0.25, 0.3) is 5.91 Å². The largest absolute Gasteiger partial charge is 0.496 e. The van der Waals surface area contributed by atoms with E-state index in [-0.39, 0.29) is 24.0 Å². The zero-order valence-corrected chi connectivity index (χ0v) is 23.7. The Morgan fingerprint density at radius 1 is 1.12 bits per heavy atom. The summed E-state index contributed by atoms with van der Waals surface area (Å²) in [4.78, 5) is 18.7. The van der Waals surface area contributed by atoms with Crippen LogP contribution >= 0.6 is 0 Å². The summed E-state index contributed by atoms with van der Waals surface area (Å²) in [5, 5.41) is 25.2. The van der Waals surface area contributed by atoms with Crippen molar-refractivity contribution in [3.05, 3.63) is 59.8 Å². The molecule has 1 aliphatic carbocycles. The highest BCUT2D eigenvalue weighted by Crippen LogP contribution is 2.33. The number of hydrogen-bond acceptors (Lipinski definition) is 6. The molecule has 8 nitrogen and oxygen atoms in total. The van der Waals surface area contributed by atoms with Gasteiger partial charge in [-0.3, -0.25) is 4.79 Å². The van der Waals surface area contributed by atoms with Crippen molar-refractivity contribution in [2.24, 2.45) is 5.92 Å². The molecule has 2 fully saturated rings. The average molecular weight is 550 g/mol. The lowest BCUT2D eigenvalue weighted by atomic mass is 9.80. The van der Waals surface area contributed by atoms with Crippen LogP contribution in [0.4, 0.5) is 0 Å². The maximum absolute atomic E-state index is 13.1. The highest BCUT2D eigenvalue weighted by molar-refractivity contribution is 5.99. The third-order valence-corrected chi connectivity index (χ3v) is 8.78. The third-order valence-electron chi connectivity index (χ3n) is 8.78. The quantitative estimate of drug-likeness (QED) is 0.301. The Morgan fingerprint density at radius 2 is 1.90 bits per heavy atom. The first kappa shape index (κ1) is 28.5. The summed E-state index contributed by atoms with van der Waals surface area (Å²) < 4.78 is 11.6. The van der Waals surface area contributed by atoms with Crippen LogP contribution < -0.4 is 14.8 Å². The topological polar surface area (TPSA) is 107 Å². The Labute approximate surface area is 236 Å². The van der Waals surface area contributed by atoms with E-state index < -0.39 is 5.60 Å². The van der Waals surface area contributed by atoms with Gasteiger partial charge in [-0.1, -0.05) is 31.2 Å². The smallest absolute Gasteiger partial charge is 0.267 e. The number of nitrogens with zero attached hydrogens (tertiary/aromatic N) is 1. The van der Waals surface area contributed by atoms with Gasteiger partial charge in [-0.2, -0.15) is 0 Å². The molecular formula is C32H43N3O5. The van der Waals surface area contributed by atoms with Gasteiger partial charge in [-0.05, 0) is 74.3 Å². The van der Waals surface area contributed by atoms with Crippen molar-refractivity contribution in [2.45, 2.75) is 69.6 Å². The monoisotopic (exact) mass is 549 g/mol. The van der Waals surface area contributed by atoms with E-state index in [1.165, 1.54) is 0 Å². The zero-order chi connectivity index (χ0) is 28.1. The number of aliphatic hydroxyl groups excluding tert-OH is 1. The molecule has 5 rings (SSSR count). The number of nitrogens with one attached hydrogen (secondary N) is 2. The molecule has 1 amide bonds. The van der Waals surface area contributed by atoms with E-state index in [9.17, 15) is 15.0 Å². The van der Waals surface area contributed by atoms with Crippen LogP contribution in [0, 0.1) is 5.92 Å². The number of aromatic amines is 1. The van der Waals surface area contributed by atoms with Crippen LogP contribution in [0.3, 0.4) is 0 Å². The number of aliphatic hydroxyl groups is 2. The summed E-state index contributed by atoms with van der Waals surface area (Å²) in [6.45, 7) is 5.21. The molecule has 1 aliphatic heterocycles. The van der Waals surface area contributed by atoms with Gasteiger partial charge in [0.15, 0.2) is 0 Å². The van der Waals surface area contributed by atoms with E-state index in [4.69, 9.17) is 9.47 Å². The van der Waals surface area contributed by atoms with Gasteiger partial charge in [0.2, 0.25) is 0 Å². The standard InChI is InChI=1S/C32H43N3O5/c1-22-21-35(17-12-28(22)36)18-16-32(38)14-10-24(11-15-32)33-31(37)27-20-25-26(34-27)7-5-9-30(25)40-19-13-23-6-3-4-8-29(23)39-2/h3-9,20,22,24,28,34,36,38H,10-19,21H2,1-2H3,(H,33,37)/t22-,24-,28-,32+/m0/s1. The molecule has 2 aliphatic rings. The van der Waals surface area contributed by atoms with Crippen LogP contribution in [0.5, 0.6) is 11.5 Å². The number of likely N-dealkylation sites (tertiary alicyclic amines) is 1. The minimum Gasteiger partial charge on any atom is -0.496 e. The Balaban J connectivity index is 1.12. The summed E-state index contributed by atoms with van der Waals surface area (Å²) in [6, 6.07) is 15.6. The lowest BCUT2D eigenvalue weighted by molar-refractivity contribution is -0.0272. The summed E-state index contributed by atoms with van der Waals surface area (Å²) in [7, 11) is 1.67. The number of hydrogen-bond donors (Lipinski definition) is 4. The van der Waals surface area contributed by atoms with Crippen LogP contribution in [-0.4, -0.2) is 77.1 Å². The number of benzene rings is 2. The van der Waals surface area contributed by atoms with Gasteiger partial charge in [0.05, 0.1) is 25.4 Å². The van der Waals surface area contributed by atoms with Crippen LogP contribution in [0.1, 0.15) is 61.5 Å². The second-order valence-electron chi connectivity index (χ2n) is 11.7. The fourth-order valence-corrected chi connectivity index (χ4v) is 6.16. The summed E-state index contributed by atoms with van der Waals surface area (Å²) in [6.07, 6.45) is 4.92. The highest BCUT2D eigenvalue weighted by Gasteiger charge is 2.35. The van der Waals surface area contributed by atoms with Gasteiger partial charge < -0.3 is 34.9 Å². The summed E-state index contributed by atoms with van der Waals surface area (Å²) in [5.74, 6) is 1.74. The Morgan fingerprint density at radius 3 is 2.67 bits per heavy atom.